The molecule has 0 aliphatic carbocycles. The van der Waals surface area contributed by atoms with Gasteiger partial charge in [0.25, 0.3) is 0 Å². The Balaban J connectivity index is 2.58. The van der Waals surface area contributed by atoms with Crippen LogP contribution < -0.4 is 5.73 Å². The third-order valence-corrected chi connectivity index (χ3v) is 1.68. The number of hydrogen-bond acceptors (Lipinski definition) is 3. The van der Waals surface area contributed by atoms with Gasteiger partial charge in [-0.2, -0.15) is 0 Å². The second kappa shape index (κ2) is 3.97. The predicted molar refractivity (Wildman–Crippen MR) is 46.6 cm³/mol. The molecule has 0 saturated heterocycles. The van der Waals surface area contributed by atoms with Crippen LogP contribution in [0.15, 0.2) is 24.4 Å². The number of hydrogen-bond donors (Lipinski definition) is 1. The van der Waals surface area contributed by atoms with Gasteiger partial charge in [-0.05, 0) is 19.1 Å². The molecule has 0 aliphatic heterocycles. The van der Waals surface area contributed by atoms with Crippen molar-refractivity contribution in [2.45, 2.75) is 19.4 Å². The lowest BCUT2D eigenvalue weighted by molar-refractivity contribution is -0.118. The zero-order valence-electron chi connectivity index (χ0n) is 7.03. The van der Waals surface area contributed by atoms with Gasteiger partial charge in [-0.15, -0.1) is 0 Å². The molecule has 1 heterocycles. The molecule has 12 heavy (non-hydrogen) atoms. The van der Waals surface area contributed by atoms with Crippen molar-refractivity contribution >= 4 is 5.78 Å². The third kappa shape index (κ3) is 2.43. The fourth-order valence-electron chi connectivity index (χ4n) is 0.888. The Morgan fingerprint density at radius 1 is 1.67 bits per heavy atom. The monoisotopic (exact) mass is 164 g/mol. The maximum absolute atomic E-state index is 10.8. The van der Waals surface area contributed by atoms with E-state index in [1.807, 2.05) is 18.2 Å². The van der Waals surface area contributed by atoms with E-state index in [1.54, 1.807) is 6.20 Å². The molecular weight excluding hydrogens is 152 g/mol. The van der Waals surface area contributed by atoms with Crippen molar-refractivity contribution in [2.24, 2.45) is 5.73 Å². The first-order valence-corrected chi connectivity index (χ1v) is 3.86. The van der Waals surface area contributed by atoms with Gasteiger partial charge in [-0.25, -0.2) is 0 Å². The summed E-state index contributed by atoms with van der Waals surface area (Å²) in [5.41, 5.74) is 6.42. The minimum Gasteiger partial charge on any atom is -0.321 e. The van der Waals surface area contributed by atoms with E-state index in [9.17, 15) is 4.79 Å². The second-order valence-electron chi connectivity index (χ2n) is 2.74. The van der Waals surface area contributed by atoms with E-state index >= 15 is 0 Å². The number of Topliss-reactive ketones (excluding diaryl/α,β-unsaturated/α-hetero) is 1. The molecule has 0 amide bonds. The Morgan fingerprint density at radius 2 is 2.42 bits per heavy atom. The van der Waals surface area contributed by atoms with Crippen molar-refractivity contribution < 1.29 is 4.79 Å². The summed E-state index contributed by atoms with van der Waals surface area (Å²) in [5.74, 6) is 0.000605. The molecule has 1 aromatic rings. The molecule has 0 radical (unpaired) electrons. The van der Waals surface area contributed by atoms with E-state index < -0.39 is 6.04 Å². The van der Waals surface area contributed by atoms with E-state index in [1.165, 1.54) is 6.92 Å². The number of ketones is 1. The molecule has 1 rings (SSSR count). The van der Waals surface area contributed by atoms with Crippen LogP contribution in [0.5, 0.6) is 0 Å². The van der Waals surface area contributed by atoms with Crippen LogP contribution in [-0.4, -0.2) is 16.8 Å². The van der Waals surface area contributed by atoms with Crippen molar-refractivity contribution in [3.63, 3.8) is 0 Å². The van der Waals surface area contributed by atoms with Gasteiger partial charge in [-0.1, -0.05) is 6.07 Å². The molecule has 0 unspecified atom stereocenters. The Labute approximate surface area is 71.6 Å². The van der Waals surface area contributed by atoms with Gasteiger partial charge in [-0.3, -0.25) is 9.78 Å². The Hall–Kier alpha value is -1.22. The first kappa shape index (κ1) is 8.87. The quantitative estimate of drug-likeness (QED) is 0.709. The van der Waals surface area contributed by atoms with E-state index in [4.69, 9.17) is 5.73 Å². The highest BCUT2D eigenvalue weighted by Gasteiger charge is 2.08. The number of carbonyl (C=O) groups is 1. The maximum atomic E-state index is 10.8. The van der Waals surface area contributed by atoms with Crippen LogP contribution in [0.25, 0.3) is 0 Å². The van der Waals surface area contributed by atoms with Crippen molar-refractivity contribution in [1.29, 1.82) is 0 Å². The predicted octanol–water partition coefficient (Wildman–Crippen LogP) is 0.540. The van der Waals surface area contributed by atoms with E-state index in [0.29, 0.717) is 6.42 Å². The number of aromatic nitrogens is 1. The van der Waals surface area contributed by atoms with Gasteiger partial charge >= 0.3 is 0 Å². The molecule has 3 nitrogen and oxygen atoms in total. The van der Waals surface area contributed by atoms with E-state index in [2.05, 4.69) is 4.98 Å². The van der Waals surface area contributed by atoms with Gasteiger partial charge in [0, 0.05) is 18.3 Å². The summed E-state index contributed by atoms with van der Waals surface area (Å²) >= 11 is 0. The van der Waals surface area contributed by atoms with Crippen LogP contribution in [0.4, 0.5) is 0 Å². The molecule has 0 bridgehead atoms. The van der Waals surface area contributed by atoms with Gasteiger partial charge in [0.05, 0.1) is 6.04 Å². The summed E-state index contributed by atoms with van der Waals surface area (Å²) in [4.78, 5) is 14.9. The van der Waals surface area contributed by atoms with Crippen LogP contribution in [-0.2, 0) is 11.2 Å². The number of nitrogens with two attached hydrogens (primary N) is 1. The number of rotatable bonds is 3. The third-order valence-electron chi connectivity index (χ3n) is 1.68. The minimum absolute atomic E-state index is 0.000605. The van der Waals surface area contributed by atoms with Crippen LogP contribution in [0, 0.1) is 0 Å². The van der Waals surface area contributed by atoms with Crippen molar-refractivity contribution in [3.05, 3.63) is 30.1 Å². The summed E-state index contributed by atoms with van der Waals surface area (Å²) in [5, 5.41) is 0. The van der Waals surface area contributed by atoms with Crippen LogP contribution >= 0.6 is 0 Å². The topological polar surface area (TPSA) is 56.0 Å². The fraction of sp³-hybridized carbons (Fsp3) is 0.333. The van der Waals surface area contributed by atoms with Crippen LogP contribution in [0.2, 0.25) is 0 Å². The lowest BCUT2D eigenvalue weighted by Crippen LogP contribution is -2.30. The largest absolute Gasteiger partial charge is 0.321 e. The lowest BCUT2D eigenvalue weighted by atomic mass is 10.1. The SMILES string of the molecule is CC(=O)[C@H](N)Cc1ccccn1. The highest BCUT2D eigenvalue weighted by atomic mass is 16.1. The minimum atomic E-state index is -0.417. The molecule has 0 fully saturated rings. The molecule has 64 valence electrons. The average molecular weight is 164 g/mol. The lowest BCUT2D eigenvalue weighted by Gasteiger charge is -2.05. The van der Waals surface area contributed by atoms with Gasteiger partial charge < -0.3 is 5.73 Å². The fourth-order valence-corrected chi connectivity index (χ4v) is 0.888. The molecule has 0 aliphatic rings. The van der Waals surface area contributed by atoms with Gasteiger partial charge in [0.1, 0.15) is 5.78 Å². The van der Waals surface area contributed by atoms with Gasteiger partial charge in [0.2, 0.25) is 0 Å². The number of pyridine rings is 1. The summed E-state index contributed by atoms with van der Waals surface area (Å²) in [6.07, 6.45) is 2.22. The second-order valence-corrected chi connectivity index (χ2v) is 2.74. The van der Waals surface area contributed by atoms with E-state index in [0.717, 1.165) is 5.69 Å². The van der Waals surface area contributed by atoms with Crippen LogP contribution in [0.3, 0.4) is 0 Å². The smallest absolute Gasteiger partial charge is 0.146 e. The molecule has 1 atom stereocenters. The molecule has 0 saturated carbocycles. The first-order chi connectivity index (χ1) is 5.70. The highest BCUT2D eigenvalue weighted by Crippen LogP contribution is 1.97. The Bertz CT molecular complexity index is 258. The summed E-state index contributed by atoms with van der Waals surface area (Å²) in [6.45, 7) is 1.49. The molecule has 2 N–H and O–H groups in total. The normalized spacial score (nSPS) is 12.5. The maximum Gasteiger partial charge on any atom is 0.146 e. The van der Waals surface area contributed by atoms with Crippen molar-refractivity contribution in [2.75, 3.05) is 0 Å². The molecule has 0 spiro atoms. The number of nitrogens with zero attached hydrogens (tertiary/aromatic N) is 1. The molecule has 0 aromatic carbocycles. The molecule has 3 heteroatoms. The average Bonchev–Trinajstić information content (AvgIpc) is 2.06. The van der Waals surface area contributed by atoms with Crippen molar-refractivity contribution in [3.8, 4) is 0 Å². The summed E-state index contributed by atoms with van der Waals surface area (Å²) in [6, 6.07) is 5.17. The zero-order chi connectivity index (χ0) is 8.97. The summed E-state index contributed by atoms with van der Waals surface area (Å²) in [7, 11) is 0. The number of carbonyl (C=O) groups excluding carboxylic acids is 1. The van der Waals surface area contributed by atoms with Gasteiger partial charge in [0.15, 0.2) is 0 Å². The summed E-state index contributed by atoms with van der Waals surface area (Å²) < 4.78 is 0. The Morgan fingerprint density at radius 3 is 2.92 bits per heavy atom. The van der Waals surface area contributed by atoms with E-state index in [-0.39, 0.29) is 5.78 Å². The standard InChI is InChI=1S/C9H12N2O/c1-7(12)9(10)6-8-4-2-3-5-11-8/h2-5,9H,6,10H2,1H3/t9-/m1/s1. The van der Waals surface area contributed by atoms with Crippen molar-refractivity contribution in [1.82, 2.24) is 4.98 Å². The molecular formula is C9H12N2O. The highest BCUT2D eigenvalue weighted by molar-refractivity contribution is 5.81. The van der Waals surface area contributed by atoms with Crippen LogP contribution in [0.1, 0.15) is 12.6 Å². The first-order valence-electron chi connectivity index (χ1n) is 3.86. The molecule has 1 aromatic heterocycles. The Kier molecular flexibility index (Phi) is 2.94. The zero-order valence-corrected chi connectivity index (χ0v) is 7.03.